The highest BCUT2D eigenvalue weighted by molar-refractivity contribution is 6.33. The summed E-state index contributed by atoms with van der Waals surface area (Å²) in [5.74, 6) is -0.286. The predicted octanol–water partition coefficient (Wildman–Crippen LogP) is 5.45. The number of anilines is 1. The van der Waals surface area contributed by atoms with Crippen LogP contribution in [-0.4, -0.2) is 29.8 Å². The van der Waals surface area contributed by atoms with Crippen LogP contribution in [-0.2, 0) is 10.4 Å². The fourth-order valence-corrected chi connectivity index (χ4v) is 4.94. The molecule has 4 rings (SSSR count). The van der Waals surface area contributed by atoms with E-state index in [-0.39, 0.29) is 5.54 Å². The van der Waals surface area contributed by atoms with Crippen LogP contribution in [0, 0.1) is 0 Å². The molecule has 3 aromatic carbocycles. The second kappa shape index (κ2) is 9.24. The van der Waals surface area contributed by atoms with Crippen molar-refractivity contribution in [1.29, 1.82) is 0 Å². The van der Waals surface area contributed by atoms with Crippen molar-refractivity contribution in [1.82, 2.24) is 5.43 Å². The molecule has 34 heavy (non-hydrogen) atoms. The standard InChI is InChI=1S/C28H30ClN3O2/c1-19-17-27(2,3)32(4)25-16-24(29)20(15-23(19)25)18-30-31-26(33)28(34,21-11-7-5-8-12-21)22-13-9-6-10-14-22/h5-16,18-19,34H,17H2,1-4H3,(H,31,33)/b30-18-/t19-/m0/s1. The highest BCUT2D eigenvalue weighted by Gasteiger charge is 2.40. The lowest BCUT2D eigenvalue weighted by atomic mass is 9.80. The largest absolute Gasteiger partial charge is 0.372 e. The third-order valence-corrected chi connectivity index (χ3v) is 7.16. The average Bonchev–Trinajstić information content (AvgIpc) is 2.83. The molecule has 0 fully saturated rings. The molecule has 0 saturated heterocycles. The number of carbonyl (C=O) groups is 1. The van der Waals surface area contributed by atoms with E-state index in [1.165, 1.54) is 11.8 Å². The van der Waals surface area contributed by atoms with Gasteiger partial charge in [-0.05, 0) is 55.0 Å². The number of aliphatic hydroxyl groups is 1. The van der Waals surface area contributed by atoms with Crippen molar-refractivity contribution in [3.63, 3.8) is 0 Å². The van der Waals surface area contributed by atoms with Crippen LogP contribution in [0.4, 0.5) is 5.69 Å². The van der Waals surface area contributed by atoms with Gasteiger partial charge in [-0.2, -0.15) is 5.10 Å². The summed E-state index contributed by atoms with van der Waals surface area (Å²) in [6.45, 7) is 6.67. The summed E-state index contributed by atoms with van der Waals surface area (Å²) in [5, 5.41) is 16.2. The minimum absolute atomic E-state index is 0.0403. The summed E-state index contributed by atoms with van der Waals surface area (Å²) in [4.78, 5) is 15.5. The third-order valence-electron chi connectivity index (χ3n) is 6.83. The van der Waals surface area contributed by atoms with Gasteiger partial charge in [0.1, 0.15) is 0 Å². The van der Waals surface area contributed by atoms with Crippen LogP contribution >= 0.6 is 11.6 Å². The number of nitrogens with zero attached hydrogens (tertiary/aromatic N) is 2. The van der Waals surface area contributed by atoms with Gasteiger partial charge in [-0.3, -0.25) is 4.79 Å². The number of hydrogen-bond acceptors (Lipinski definition) is 4. The van der Waals surface area contributed by atoms with E-state index in [0.717, 1.165) is 12.1 Å². The molecule has 0 saturated carbocycles. The van der Waals surface area contributed by atoms with Crippen molar-refractivity contribution >= 4 is 29.4 Å². The molecule has 5 nitrogen and oxygen atoms in total. The molecule has 2 N–H and O–H groups in total. The van der Waals surface area contributed by atoms with E-state index in [2.05, 4.69) is 43.2 Å². The number of halogens is 1. The number of rotatable bonds is 5. The average molecular weight is 476 g/mol. The van der Waals surface area contributed by atoms with Gasteiger partial charge in [0.15, 0.2) is 5.60 Å². The van der Waals surface area contributed by atoms with Crippen molar-refractivity contribution in [2.24, 2.45) is 5.10 Å². The quantitative estimate of drug-likeness (QED) is 0.381. The molecular formula is C28H30ClN3O2. The zero-order chi connectivity index (χ0) is 24.5. The van der Waals surface area contributed by atoms with Crippen molar-refractivity contribution in [2.45, 2.75) is 44.2 Å². The van der Waals surface area contributed by atoms with Crippen LogP contribution in [0.2, 0.25) is 5.02 Å². The molecule has 1 amide bonds. The predicted molar refractivity (Wildman–Crippen MR) is 139 cm³/mol. The minimum Gasteiger partial charge on any atom is -0.372 e. The Kier molecular flexibility index (Phi) is 6.52. The zero-order valence-corrected chi connectivity index (χ0v) is 20.7. The van der Waals surface area contributed by atoms with Crippen LogP contribution in [0.1, 0.15) is 55.4 Å². The van der Waals surface area contributed by atoms with Crippen molar-refractivity contribution in [2.75, 3.05) is 11.9 Å². The van der Waals surface area contributed by atoms with E-state index in [4.69, 9.17) is 11.6 Å². The zero-order valence-electron chi connectivity index (χ0n) is 19.9. The first kappa shape index (κ1) is 24.0. The molecule has 176 valence electrons. The van der Waals surface area contributed by atoms with Crippen LogP contribution in [0.3, 0.4) is 0 Å². The number of benzene rings is 3. The van der Waals surface area contributed by atoms with E-state index in [1.807, 2.05) is 24.3 Å². The Bertz CT molecular complexity index is 1170. The topological polar surface area (TPSA) is 64.9 Å². The maximum absolute atomic E-state index is 13.2. The van der Waals surface area contributed by atoms with E-state index in [1.54, 1.807) is 48.5 Å². The number of hydrogen-bond donors (Lipinski definition) is 2. The molecule has 6 heteroatoms. The Morgan fingerprint density at radius 3 is 2.24 bits per heavy atom. The normalized spacial score (nSPS) is 17.5. The monoisotopic (exact) mass is 475 g/mol. The number of amides is 1. The van der Waals surface area contributed by atoms with Gasteiger partial charge in [0.25, 0.3) is 5.91 Å². The van der Waals surface area contributed by atoms with Gasteiger partial charge in [0.2, 0.25) is 0 Å². The lowest BCUT2D eigenvalue weighted by molar-refractivity contribution is -0.136. The third kappa shape index (κ3) is 4.33. The van der Waals surface area contributed by atoms with Crippen molar-refractivity contribution in [3.8, 4) is 0 Å². The van der Waals surface area contributed by atoms with Crippen molar-refractivity contribution < 1.29 is 9.90 Å². The van der Waals surface area contributed by atoms with Gasteiger partial charge < -0.3 is 10.0 Å². The number of hydrazone groups is 1. The number of nitrogens with one attached hydrogen (secondary N) is 1. The summed E-state index contributed by atoms with van der Waals surface area (Å²) < 4.78 is 0. The van der Waals surface area contributed by atoms with Gasteiger partial charge in [0, 0.05) is 23.8 Å². The maximum Gasteiger partial charge on any atom is 0.281 e. The Labute approximate surface area is 206 Å². The lowest BCUT2D eigenvalue weighted by Crippen LogP contribution is -2.45. The Morgan fingerprint density at radius 1 is 1.12 bits per heavy atom. The first-order valence-corrected chi connectivity index (χ1v) is 11.8. The first-order valence-electron chi connectivity index (χ1n) is 11.4. The van der Waals surface area contributed by atoms with Crippen LogP contribution in [0.15, 0.2) is 77.9 Å². The molecule has 1 aliphatic heterocycles. The molecule has 1 heterocycles. The smallest absolute Gasteiger partial charge is 0.281 e. The molecule has 0 aromatic heterocycles. The van der Waals surface area contributed by atoms with Gasteiger partial charge in [-0.15, -0.1) is 0 Å². The second-order valence-electron chi connectivity index (χ2n) is 9.55. The highest BCUT2D eigenvalue weighted by atomic mass is 35.5. The molecule has 0 unspecified atom stereocenters. The Balaban J connectivity index is 1.62. The Hall–Kier alpha value is -3.15. The molecule has 0 radical (unpaired) electrons. The van der Waals surface area contributed by atoms with E-state index in [0.29, 0.717) is 27.6 Å². The van der Waals surface area contributed by atoms with Gasteiger partial charge in [-0.1, -0.05) is 79.2 Å². The van der Waals surface area contributed by atoms with Crippen LogP contribution in [0.25, 0.3) is 0 Å². The molecule has 1 atom stereocenters. The SMILES string of the molecule is C[C@H]1CC(C)(C)N(C)c2cc(Cl)c(/C=N\NC(=O)C(O)(c3ccccc3)c3ccccc3)cc21. The summed E-state index contributed by atoms with van der Waals surface area (Å²) in [7, 11) is 2.09. The first-order chi connectivity index (χ1) is 16.1. The second-order valence-corrected chi connectivity index (χ2v) is 9.96. The summed E-state index contributed by atoms with van der Waals surface area (Å²) in [5.41, 5.74) is 4.61. The van der Waals surface area contributed by atoms with Crippen molar-refractivity contribution in [3.05, 3.63) is 100 Å². The molecule has 3 aromatic rings. The fraction of sp³-hybridized carbons (Fsp3) is 0.286. The molecule has 0 bridgehead atoms. The number of carbonyl (C=O) groups excluding carboxylic acids is 1. The van der Waals surface area contributed by atoms with Gasteiger partial charge >= 0.3 is 0 Å². The summed E-state index contributed by atoms with van der Waals surface area (Å²) in [6, 6.07) is 21.7. The van der Waals surface area contributed by atoms with Crippen LogP contribution < -0.4 is 10.3 Å². The van der Waals surface area contributed by atoms with E-state index < -0.39 is 11.5 Å². The van der Waals surface area contributed by atoms with E-state index >= 15 is 0 Å². The molecule has 1 aliphatic rings. The summed E-state index contributed by atoms with van der Waals surface area (Å²) >= 11 is 6.58. The molecule has 0 aliphatic carbocycles. The lowest BCUT2D eigenvalue weighted by Gasteiger charge is -2.45. The number of fused-ring (bicyclic) bond motifs is 1. The molecule has 0 spiro atoms. The molecular weight excluding hydrogens is 446 g/mol. The minimum atomic E-state index is -1.89. The van der Waals surface area contributed by atoms with Gasteiger partial charge in [-0.25, -0.2) is 5.43 Å². The fourth-order valence-electron chi connectivity index (χ4n) is 4.73. The maximum atomic E-state index is 13.2. The van der Waals surface area contributed by atoms with Crippen LogP contribution in [0.5, 0.6) is 0 Å². The highest BCUT2D eigenvalue weighted by Crippen LogP contribution is 2.44. The summed E-state index contributed by atoms with van der Waals surface area (Å²) in [6.07, 6.45) is 2.55. The van der Waals surface area contributed by atoms with Gasteiger partial charge in [0.05, 0.1) is 11.2 Å². The Morgan fingerprint density at radius 2 is 1.68 bits per heavy atom. The van der Waals surface area contributed by atoms with E-state index in [9.17, 15) is 9.90 Å².